The summed E-state index contributed by atoms with van der Waals surface area (Å²) in [4.78, 5) is 4.42. The zero-order valence-corrected chi connectivity index (χ0v) is 11.7. The highest BCUT2D eigenvalue weighted by Gasteiger charge is 2.12. The number of hydrogen-bond acceptors (Lipinski definition) is 3. The summed E-state index contributed by atoms with van der Waals surface area (Å²) in [6.07, 6.45) is 0. The predicted molar refractivity (Wildman–Crippen MR) is 82.2 cm³/mol. The Hall–Kier alpha value is -2.52. The maximum atomic E-state index is 5.89. The van der Waals surface area contributed by atoms with Gasteiger partial charge in [-0.3, -0.25) is 0 Å². The van der Waals surface area contributed by atoms with Gasteiger partial charge in [-0.15, -0.1) is 0 Å². The Morgan fingerprint density at radius 2 is 1.52 bits per heavy atom. The van der Waals surface area contributed by atoms with Gasteiger partial charge < -0.3 is 8.83 Å². The second-order valence-electron chi connectivity index (χ2n) is 4.66. The van der Waals surface area contributed by atoms with Gasteiger partial charge in [0, 0.05) is 10.6 Å². The molecule has 0 aliphatic heterocycles. The Bertz CT molecular complexity index is 873. The van der Waals surface area contributed by atoms with Crippen LogP contribution in [0.3, 0.4) is 0 Å². The largest absolute Gasteiger partial charge is 0.451 e. The van der Waals surface area contributed by atoms with Crippen LogP contribution < -0.4 is 0 Å². The molecule has 3 nitrogen and oxygen atoms in total. The quantitative estimate of drug-likeness (QED) is 0.496. The molecule has 2 aromatic heterocycles. The maximum Gasteiger partial charge on any atom is 0.263 e. The first-order valence-electron chi connectivity index (χ1n) is 6.51. The second-order valence-corrected chi connectivity index (χ2v) is 5.09. The molecule has 0 aliphatic rings. The minimum Gasteiger partial charge on any atom is -0.451 e. The van der Waals surface area contributed by atoms with Crippen LogP contribution in [-0.2, 0) is 0 Å². The third-order valence-electron chi connectivity index (χ3n) is 3.24. The minimum absolute atomic E-state index is 0.483. The Morgan fingerprint density at radius 1 is 0.762 bits per heavy atom. The number of nitrogens with zero attached hydrogens (tertiary/aromatic N) is 1. The van der Waals surface area contributed by atoms with Gasteiger partial charge in [0.05, 0.1) is 0 Å². The van der Waals surface area contributed by atoms with Crippen molar-refractivity contribution >= 4 is 22.7 Å². The molecule has 2 aromatic carbocycles. The molecule has 0 saturated carbocycles. The van der Waals surface area contributed by atoms with Crippen LogP contribution in [0, 0.1) is 0 Å². The molecule has 0 radical (unpaired) electrons. The molecule has 102 valence electrons. The summed E-state index contributed by atoms with van der Waals surface area (Å²) in [6.45, 7) is 0. The third-order valence-corrected chi connectivity index (χ3v) is 3.49. The lowest BCUT2D eigenvalue weighted by Crippen LogP contribution is -1.73. The molecule has 0 unspecified atom stereocenters. The molecular weight excluding hydrogens is 286 g/mol. The van der Waals surface area contributed by atoms with Crippen LogP contribution in [-0.4, -0.2) is 4.98 Å². The molecule has 0 aliphatic carbocycles. The zero-order chi connectivity index (χ0) is 14.2. The fourth-order valence-electron chi connectivity index (χ4n) is 2.20. The highest BCUT2D eigenvalue weighted by atomic mass is 35.5. The molecule has 21 heavy (non-hydrogen) atoms. The van der Waals surface area contributed by atoms with Crippen LogP contribution >= 0.6 is 11.6 Å². The number of oxazole rings is 1. The molecule has 4 aromatic rings. The van der Waals surface area contributed by atoms with E-state index in [0.717, 1.165) is 22.4 Å². The number of fused-ring (bicyclic) bond motifs is 1. The van der Waals surface area contributed by atoms with Crippen molar-refractivity contribution in [1.82, 2.24) is 4.98 Å². The number of para-hydroxylation sites is 2. The summed E-state index contributed by atoms with van der Waals surface area (Å²) in [6, 6.07) is 18.9. The summed E-state index contributed by atoms with van der Waals surface area (Å²) in [5, 5.41) is 0.699. The van der Waals surface area contributed by atoms with Gasteiger partial charge in [0.1, 0.15) is 11.3 Å². The van der Waals surface area contributed by atoms with Gasteiger partial charge in [-0.2, -0.15) is 0 Å². The van der Waals surface area contributed by atoms with Crippen LogP contribution in [0.1, 0.15) is 0 Å². The summed E-state index contributed by atoms with van der Waals surface area (Å²) in [5.41, 5.74) is 2.52. The van der Waals surface area contributed by atoms with Gasteiger partial charge in [-0.05, 0) is 48.5 Å². The monoisotopic (exact) mass is 295 g/mol. The SMILES string of the molecule is Clc1ccc(-c2ccc(-c3nc4ccccc4o3)o2)cc1. The molecule has 0 fully saturated rings. The van der Waals surface area contributed by atoms with Crippen molar-refractivity contribution in [2.24, 2.45) is 0 Å². The van der Waals surface area contributed by atoms with Crippen LogP contribution in [0.4, 0.5) is 0 Å². The average Bonchev–Trinajstić information content (AvgIpc) is 3.14. The van der Waals surface area contributed by atoms with Gasteiger partial charge in [0.15, 0.2) is 11.3 Å². The maximum absolute atomic E-state index is 5.89. The van der Waals surface area contributed by atoms with Gasteiger partial charge in [0.25, 0.3) is 5.89 Å². The van der Waals surface area contributed by atoms with E-state index < -0.39 is 0 Å². The van der Waals surface area contributed by atoms with E-state index in [1.807, 2.05) is 60.7 Å². The van der Waals surface area contributed by atoms with Crippen LogP contribution in [0.2, 0.25) is 5.02 Å². The topological polar surface area (TPSA) is 39.2 Å². The molecular formula is C17H10ClNO2. The highest BCUT2D eigenvalue weighted by Crippen LogP contribution is 2.30. The second kappa shape index (κ2) is 4.79. The van der Waals surface area contributed by atoms with Gasteiger partial charge >= 0.3 is 0 Å². The Labute approximate surface area is 125 Å². The minimum atomic E-state index is 0.483. The van der Waals surface area contributed by atoms with Crippen molar-refractivity contribution in [2.45, 2.75) is 0 Å². The lowest BCUT2D eigenvalue weighted by Gasteiger charge is -1.96. The van der Waals surface area contributed by atoms with E-state index in [-0.39, 0.29) is 0 Å². The molecule has 0 spiro atoms. The Kier molecular flexibility index (Phi) is 2.79. The lowest BCUT2D eigenvalue weighted by atomic mass is 10.2. The molecule has 0 amide bonds. The first-order chi connectivity index (χ1) is 10.3. The van der Waals surface area contributed by atoms with E-state index in [1.165, 1.54) is 0 Å². The Morgan fingerprint density at radius 3 is 2.33 bits per heavy atom. The fourth-order valence-corrected chi connectivity index (χ4v) is 2.33. The molecule has 0 N–H and O–H groups in total. The van der Waals surface area contributed by atoms with E-state index in [2.05, 4.69) is 4.98 Å². The van der Waals surface area contributed by atoms with Gasteiger partial charge in [-0.1, -0.05) is 23.7 Å². The van der Waals surface area contributed by atoms with Gasteiger partial charge in [0.2, 0.25) is 0 Å². The van der Waals surface area contributed by atoms with Crippen molar-refractivity contribution in [1.29, 1.82) is 0 Å². The number of aromatic nitrogens is 1. The van der Waals surface area contributed by atoms with Crippen LogP contribution in [0.5, 0.6) is 0 Å². The fraction of sp³-hybridized carbons (Fsp3) is 0. The Balaban J connectivity index is 1.75. The third kappa shape index (κ3) is 2.22. The van der Waals surface area contributed by atoms with Crippen molar-refractivity contribution < 1.29 is 8.83 Å². The standard InChI is InChI=1S/C17H10ClNO2/c18-12-7-5-11(6-8-12)14-9-10-16(20-14)17-19-13-3-1-2-4-15(13)21-17/h1-10H. The lowest BCUT2D eigenvalue weighted by molar-refractivity contribution is 0.543. The smallest absolute Gasteiger partial charge is 0.263 e. The van der Waals surface area contributed by atoms with E-state index in [1.54, 1.807) is 0 Å². The van der Waals surface area contributed by atoms with Crippen molar-refractivity contribution in [3.8, 4) is 23.0 Å². The van der Waals surface area contributed by atoms with Crippen molar-refractivity contribution in [3.63, 3.8) is 0 Å². The molecule has 0 atom stereocenters. The molecule has 4 heteroatoms. The number of halogens is 1. The highest BCUT2D eigenvalue weighted by molar-refractivity contribution is 6.30. The van der Waals surface area contributed by atoms with Crippen molar-refractivity contribution in [2.75, 3.05) is 0 Å². The summed E-state index contributed by atoms with van der Waals surface area (Å²) in [7, 11) is 0. The summed E-state index contributed by atoms with van der Waals surface area (Å²) >= 11 is 5.89. The first kappa shape index (κ1) is 12.2. The molecule has 0 saturated heterocycles. The summed E-state index contributed by atoms with van der Waals surface area (Å²) in [5.74, 6) is 1.84. The summed E-state index contributed by atoms with van der Waals surface area (Å²) < 4.78 is 11.5. The van der Waals surface area contributed by atoms with Crippen LogP contribution in [0.25, 0.3) is 34.1 Å². The number of furan rings is 1. The molecule has 4 rings (SSSR count). The zero-order valence-electron chi connectivity index (χ0n) is 10.9. The van der Waals surface area contributed by atoms with E-state index >= 15 is 0 Å². The predicted octanol–water partition coefficient (Wildman–Crippen LogP) is 5.41. The average molecular weight is 296 g/mol. The van der Waals surface area contributed by atoms with Crippen LogP contribution in [0.15, 0.2) is 69.5 Å². The van der Waals surface area contributed by atoms with E-state index in [4.69, 9.17) is 20.4 Å². The normalized spacial score (nSPS) is 11.1. The molecule has 0 bridgehead atoms. The van der Waals surface area contributed by atoms with Crippen molar-refractivity contribution in [3.05, 3.63) is 65.7 Å². The molecule has 2 heterocycles. The number of hydrogen-bond donors (Lipinski definition) is 0. The number of rotatable bonds is 2. The first-order valence-corrected chi connectivity index (χ1v) is 6.89. The van der Waals surface area contributed by atoms with Gasteiger partial charge in [-0.25, -0.2) is 4.98 Å². The van der Waals surface area contributed by atoms with E-state index in [0.29, 0.717) is 16.7 Å². The number of benzene rings is 2. The van der Waals surface area contributed by atoms with E-state index in [9.17, 15) is 0 Å².